The Bertz CT molecular complexity index is 1360. The summed E-state index contributed by atoms with van der Waals surface area (Å²) in [6, 6.07) is 9.74. The molecule has 1 unspecified atom stereocenters. The van der Waals surface area contributed by atoms with Crippen LogP contribution in [0.2, 0.25) is 5.02 Å². The number of fused-ring (bicyclic) bond motifs is 3. The van der Waals surface area contributed by atoms with Gasteiger partial charge >= 0.3 is 6.18 Å². The first-order valence-corrected chi connectivity index (χ1v) is 10.7. The van der Waals surface area contributed by atoms with Gasteiger partial charge in [0.05, 0.1) is 16.1 Å². The van der Waals surface area contributed by atoms with E-state index < -0.39 is 11.7 Å². The van der Waals surface area contributed by atoms with Gasteiger partial charge in [-0.15, -0.1) is 10.2 Å². The number of amides is 1. The van der Waals surface area contributed by atoms with E-state index in [1.807, 2.05) is 0 Å². The first kappa shape index (κ1) is 21.5. The predicted molar refractivity (Wildman–Crippen MR) is 118 cm³/mol. The molecular formula is C23H19ClF3N5O. The minimum atomic E-state index is -4.44. The van der Waals surface area contributed by atoms with Crippen LogP contribution in [0.3, 0.4) is 0 Å². The van der Waals surface area contributed by atoms with Crippen molar-refractivity contribution in [3.63, 3.8) is 0 Å². The molecule has 170 valence electrons. The van der Waals surface area contributed by atoms with Gasteiger partial charge in [0, 0.05) is 34.9 Å². The van der Waals surface area contributed by atoms with Gasteiger partial charge in [-0.2, -0.15) is 13.2 Å². The Labute approximate surface area is 192 Å². The van der Waals surface area contributed by atoms with E-state index >= 15 is 0 Å². The minimum absolute atomic E-state index is 0.206. The SMILES string of the molecule is Cc1ccc2c(c1)c(C(F)(F)F)c1n2CC(NC(=O)c2ccc(-n3cnnc3)cc2Cl)CC1. The zero-order valence-electron chi connectivity index (χ0n) is 17.5. The number of nitrogens with zero attached hydrogens (tertiary/aromatic N) is 4. The highest BCUT2D eigenvalue weighted by atomic mass is 35.5. The Morgan fingerprint density at radius 1 is 1.15 bits per heavy atom. The fourth-order valence-corrected chi connectivity index (χ4v) is 4.75. The molecule has 0 saturated heterocycles. The zero-order valence-corrected chi connectivity index (χ0v) is 18.3. The molecule has 1 aliphatic rings. The molecule has 0 saturated carbocycles. The van der Waals surface area contributed by atoms with Gasteiger partial charge < -0.3 is 9.88 Å². The molecule has 0 aliphatic carbocycles. The highest BCUT2D eigenvalue weighted by Gasteiger charge is 2.40. The molecule has 1 atom stereocenters. The van der Waals surface area contributed by atoms with E-state index in [0.29, 0.717) is 23.2 Å². The smallest absolute Gasteiger partial charge is 0.347 e. The molecule has 0 spiro atoms. The summed E-state index contributed by atoms with van der Waals surface area (Å²) in [4.78, 5) is 12.9. The Hall–Kier alpha value is -3.33. The van der Waals surface area contributed by atoms with E-state index in [9.17, 15) is 18.0 Å². The highest BCUT2D eigenvalue weighted by Crippen LogP contribution is 2.41. The summed E-state index contributed by atoms with van der Waals surface area (Å²) in [5, 5.41) is 10.9. The van der Waals surface area contributed by atoms with Gasteiger partial charge in [-0.3, -0.25) is 9.36 Å². The number of aryl methyl sites for hydroxylation is 1. The van der Waals surface area contributed by atoms with E-state index in [2.05, 4.69) is 15.5 Å². The highest BCUT2D eigenvalue weighted by molar-refractivity contribution is 6.34. The number of benzene rings is 2. The fraction of sp³-hybridized carbons (Fsp3) is 0.261. The van der Waals surface area contributed by atoms with Crippen molar-refractivity contribution < 1.29 is 18.0 Å². The molecule has 0 radical (unpaired) electrons. The molecule has 6 nitrogen and oxygen atoms in total. The Balaban J connectivity index is 1.41. The van der Waals surface area contributed by atoms with Gasteiger partial charge in [0.15, 0.2) is 0 Å². The second-order valence-electron chi connectivity index (χ2n) is 8.19. The van der Waals surface area contributed by atoms with Crippen LogP contribution in [0.15, 0.2) is 49.1 Å². The van der Waals surface area contributed by atoms with Crippen LogP contribution in [0.1, 0.15) is 33.6 Å². The normalized spacial score (nSPS) is 16.1. The standard InChI is InChI=1S/C23H19ClF3N5O/c1-13-2-6-19-17(8-13)21(23(25,26)27)20-7-3-14(10-32(19)20)30-22(33)16-5-4-15(9-18(16)24)31-11-28-29-12-31/h2,4-6,8-9,11-12,14H,3,7,10H2,1H3,(H,30,33). The van der Waals surface area contributed by atoms with Crippen LogP contribution < -0.4 is 5.32 Å². The Morgan fingerprint density at radius 2 is 1.91 bits per heavy atom. The van der Waals surface area contributed by atoms with Gasteiger partial charge in [-0.25, -0.2) is 0 Å². The van der Waals surface area contributed by atoms with Gasteiger partial charge in [-0.1, -0.05) is 23.2 Å². The molecule has 10 heteroatoms. The largest absolute Gasteiger partial charge is 0.418 e. The molecule has 4 aromatic rings. The Kier molecular flexibility index (Phi) is 5.16. The molecule has 2 aromatic heterocycles. The lowest BCUT2D eigenvalue weighted by Gasteiger charge is -2.27. The van der Waals surface area contributed by atoms with E-state index in [4.69, 9.17) is 11.6 Å². The quantitative estimate of drug-likeness (QED) is 0.458. The Morgan fingerprint density at radius 3 is 2.61 bits per heavy atom. The summed E-state index contributed by atoms with van der Waals surface area (Å²) in [6.45, 7) is 2.03. The average Bonchev–Trinajstić information content (AvgIpc) is 3.39. The van der Waals surface area contributed by atoms with Gasteiger partial charge in [0.2, 0.25) is 0 Å². The summed E-state index contributed by atoms with van der Waals surface area (Å²) in [5.74, 6) is -0.368. The number of halogens is 4. The van der Waals surface area contributed by atoms with Crippen molar-refractivity contribution in [1.82, 2.24) is 24.6 Å². The minimum Gasteiger partial charge on any atom is -0.347 e. The van der Waals surface area contributed by atoms with Crippen LogP contribution in [0.25, 0.3) is 16.6 Å². The number of carbonyl (C=O) groups is 1. The van der Waals surface area contributed by atoms with Gasteiger partial charge in [0.25, 0.3) is 5.91 Å². The van der Waals surface area contributed by atoms with Crippen molar-refractivity contribution in [2.75, 3.05) is 0 Å². The molecule has 1 N–H and O–H groups in total. The van der Waals surface area contributed by atoms with Crippen molar-refractivity contribution in [2.24, 2.45) is 0 Å². The first-order valence-electron chi connectivity index (χ1n) is 10.4. The summed E-state index contributed by atoms with van der Waals surface area (Å²) in [6.07, 6.45) is -0.788. The lowest BCUT2D eigenvalue weighted by molar-refractivity contribution is -0.137. The van der Waals surface area contributed by atoms with Gasteiger partial charge in [-0.05, 0) is 50.1 Å². The molecular weight excluding hydrogens is 455 g/mol. The van der Waals surface area contributed by atoms with E-state index in [-0.39, 0.29) is 41.0 Å². The second kappa shape index (κ2) is 7.91. The third-order valence-electron chi connectivity index (χ3n) is 5.99. The van der Waals surface area contributed by atoms with E-state index in [1.54, 1.807) is 52.5 Å². The van der Waals surface area contributed by atoms with E-state index in [1.165, 1.54) is 12.7 Å². The molecule has 1 aliphatic heterocycles. The number of rotatable bonds is 3. The van der Waals surface area contributed by atoms with Crippen LogP contribution in [0, 0.1) is 6.92 Å². The van der Waals surface area contributed by atoms with Crippen LogP contribution in [0.4, 0.5) is 13.2 Å². The van der Waals surface area contributed by atoms with Crippen LogP contribution in [-0.4, -0.2) is 31.3 Å². The van der Waals surface area contributed by atoms with Crippen molar-refractivity contribution >= 4 is 28.4 Å². The summed E-state index contributed by atoms with van der Waals surface area (Å²) in [5.41, 5.74) is 1.99. The van der Waals surface area contributed by atoms with Crippen molar-refractivity contribution in [3.8, 4) is 5.69 Å². The molecule has 33 heavy (non-hydrogen) atoms. The third kappa shape index (κ3) is 3.86. The van der Waals surface area contributed by atoms with E-state index in [0.717, 1.165) is 5.56 Å². The third-order valence-corrected chi connectivity index (χ3v) is 6.30. The number of carbonyl (C=O) groups excluding carboxylic acids is 1. The lowest BCUT2D eigenvalue weighted by Crippen LogP contribution is -2.41. The number of hydrogen-bond acceptors (Lipinski definition) is 3. The van der Waals surface area contributed by atoms with Crippen molar-refractivity contribution in [1.29, 1.82) is 0 Å². The summed E-state index contributed by atoms with van der Waals surface area (Å²) in [7, 11) is 0. The summed E-state index contributed by atoms with van der Waals surface area (Å²) >= 11 is 6.34. The number of alkyl halides is 3. The monoisotopic (exact) mass is 473 g/mol. The maximum atomic E-state index is 13.9. The topological polar surface area (TPSA) is 64.7 Å². The lowest BCUT2D eigenvalue weighted by atomic mass is 10.0. The number of hydrogen-bond donors (Lipinski definition) is 1. The van der Waals surface area contributed by atoms with Crippen molar-refractivity contribution in [3.05, 3.63) is 76.5 Å². The molecule has 2 aromatic carbocycles. The average molecular weight is 474 g/mol. The maximum Gasteiger partial charge on any atom is 0.418 e. The van der Waals surface area contributed by atoms with Crippen LogP contribution in [-0.2, 0) is 19.1 Å². The maximum absolute atomic E-state index is 13.9. The van der Waals surface area contributed by atoms with Crippen molar-refractivity contribution in [2.45, 2.75) is 38.5 Å². The van der Waals surface area contributed by atoms with Crippen LogP contribution >= 0.6 is 11.6 Å². The molecule has 3 heterocycles. The van der Waals surface area contributed by atoms with Gasteiger partial charge in [0.1, 0.15) is 12.7 Å². The first-order chi connectivity index (χ1) is 15.7. The second-order valence-corrected chi connectivity index (χ2v) is 8.60. The zero-order chi connectivity index (χ0) is 23.3. The van der Waals surface area contributed by atoms with Crippen LogP contribution in [0.5, 0.6) is 0 Å². The molecule has 0 fully saturated rings. The number of nitrogens with one attached hydrogen (secondary N) is 1. The molecule has 5 rings (SSSR count). The predicted octanol–water partition coefficient (Wildman–Crippen LogP) is 4.95. The fourth-order valence-electron chi connectivity index (χ4n) is 4.49. The number of aromatic nitrogens is 4. The molecule has 0 bridgehead atoms. The summed E-state index contributed by atoms with van der Waals surface area (Å²) < 4.78 is 45.0. The molecule has 1 amide bonds.